The number of carbonyl (C=O) groups excluding carboxylic acids is 1. The van der Waals surface area contributed by atoms with Gasteiger partial charge in [-0.3, -0.25) is 4.79 Å². The lowest BCUT2D eigenvalue weighted by Gasteiger charge is -1.93. The molecule has 0 atom stereocenters. The van der Waals surface area contributed by atoms with Gasteiger partial charge in [-0.25, -0.2) is 4.99 Å². The molecule has 0 aromatic carbocycles. The highest BCUT2D eigenvalue weighted by Gasteiger charge is 2.08. The van der Waals surface area contributed by atoms with Gasteiger partial charge in [0.25, 0.3) is 5.91 Å². The Balaban J connectivity index is 2.36. The van der Waals surface area contributed by atoms with Gasteiger partial charge >= 0.3 is 0 Å². The average Bonchev–Trinajstić information content (AvgIpc) is 2.40. The predicted octanol–water partition coefficient (Wildman–Crippen LogP) is -0.406. The molecule has 11 heavy (non-hydrogen) atoms. The van der Waals surface area contributed by atoms with Crippen LogP contribution in [0.25, 0.3) is 0 Å². The van der Waals surface area contributed by atoms with Crippen LogP contribution < -0.4 is 5.32 Å². The summed E-state index contributed by atoms with van der Waals surface area (Å²) in [5, 5.41) is 3.10. The Bertz CT molecular complexity index is 169. The molecule has 1 aliphatic heterocycles. The summed E-state index contributed by atoms with van der Waals surface area (Å²) in [6.07, 6.45) is 0.884. The molecule has 1 heterocycles. The SMILES string of the molecule is COCC(=O)N=C1CCNC1. The molecule has 0 radical (unpaired) electrons. The lowest BCUT2D eigenvalue weighted by atomic mass is 10.3. The monoisotopic (exact) mass is 156 g/mol. The van der Waals surface area contributed by atoms with E-state index in [1.54, 1.807) is 0 Å². The molecule has 0 spiro atoms. The van der Waals surface area contributed by atoms with Gasteiger partial charge in [0.15, 0.2) is 0 Å². The first-order valence-corrected chi connectivity index (χ1v) is 3.62. The fraction of sp³-hybridized carbons (Fsp3) is 0.714. The molecule has 1 N–H and O–H groups in total. The predicted molar refractivity (Wildman–Crippen MR) is 41.8 cm³/mol. The molecule has 1 aliphatic rings. The topological polar surface area (TPSA) is 50.7 Å². The van der Waals surface area contributed by atoms with E-state index < -0.39 is 0 Å². The summed E-state index contributed by atoms with van der Waals surface area (Å²) in [6.45, 7) is 1.76. The Labute approximate surface area is 65.6 Å². The van der Waals surface area contributed by atoms with Gasteiger partial charge < -0.3 is 10.1 Å². The molecule has 0 aromatic heterocycles. The van der Waals surface area contributed by atoms with Gasteiger partial charge in [0.2, 0.25) is 0 Å². The number of hydrogen-bond donors (Lipinski definition) is 1. The van der Waals surface area contributed by atoms with Crippen molar-refractivity contribution in [2.45, 2.75) is 6.42 Å². The second-order valence-electron chi connectivity index (χ2n) is 2.43. The number of amides is 1. The minimum absolute atomic E-state index is 0.0868. The molecule has 1 amide bonds. The second kappa shape index (κ2) is 4.20. The maximum Gasteiger partial charge on any atom is 0.271 e. The van der Waals surface area contributed by atoms with Crippen LogP contribution in [0.5, 0.6) is 0 Å². The summed E-state index contributed by atoms with van der Waals surface area (Å²) in [7, 11) is 1.49. The van der Waals surface area contributed by atoms with Crippen molar-refractivity contribution in [1.82, 2.24) is 5.32 Å². The normalized spacial score (nSPS) is 21.0. The Kier molecular flexibility index (Phi) is 3.19. The maximum atomic E-state index is 10.9. The third-order valence-electron chi connectivity index (χ3n) is 1.47. The standard InChI is InChI=1S/C7H12N2O2/c1-11-5-7(10)9-6-2-3-8-4-6/h8H,2-5H2,1H3. The summed E-state index contributed by atoms with van der Waals surface area (Å²) >= 11 is 0. The van der Waals surface area contributed by atoms with Gasteiger partial charge in [0.1, 0.15) is 6.61 Å². The fourth-order valence-corrected chi connectivity index (χ4v) is 0.981. The molecule has 1 saturated heterocycles. The van der Waals surface area contributed by atoms with E-state index in [1.165, 1.54) is 7.11 Å². The lowest BCUT2D eigenvalue weighted by molar-refractivity contribution is -0.121. The molecule has 1 rings (SSSR count). The zero-order valence-corrected chi connectivity index (χ0v) is 6.59. The van der Waals surface area contributed by atoms with E-state index in [2.05, 4.69) is 15.0 Å². The van der Waals surface area contributed by atoms with Crippen molar-refractivity contribution >= 4 is 11.6 Å². The Hall–Kier alpha value is -0.740. The van der Waals surface area contributed by atoms with Crippen LogP contribution in [0, 0.1) is 0 Å². The average molecular weight is 156 g/mol. The van der Waals surface area contributed by atoms with Crippen LogP contribution in [-0.4, -0.2) is 38.4 Å². The Morgan fingerprint density at radius 3 is 3.18 bits per heavy atom. The van der Waals surface area contributed by atoms with Crippen LogP contribution in [-0.2, 0) is 9.53 Å². The molecule has 0 aromatic rings. The number of nitrogens with one attached hydrogen (secondary N) is 1. The second-order valence-corrected chi connectivity index (χ2v) is 2.43. The third kappa shape index (κ3) is 2.78. The molecular weight excluding hydrogens is 144 g/mol. The van der Waals surface area contributed by atoms with Gasteiger partial charge in [-0.2, -0.15) is 0 Å². The van der Waals surface area contributed by atoms with Gasteiger partial charge in [0, 0.05) is 25.9 Å². The number of hydrogen-bond acceptors (Lipinski definition) is 3. The Morgan fingerprint density at radius 1 is 1.82 bits per heavy atom. The largest absolute Gasteiger partial charge is 0.375 e. The van der Waals surface area contributed by atoms with Crippen molar-refractivity contribution in [3.63, 3.8) is 0 Å². The van der Waals surface area contributed by atoms with Crippen LogP contribution in [0.15, 0.2) is 4.99 Å². The highest BCUT2D eigenvalue weighted by Crippen LogP contribution is 1.93. The van der Waals surface area contributed by atoms with Crippen LogP contribution in [0.1, 0.15) is 6.42 Å². The molecule has 0 bridgehead atoms. The number of ether oxygens (including phenoxy) is 1. The number of aliphatic imine (C=N–C) groups is 1. The molecule has 0 saturated carbocycles. The zero-order valence-electron chi connectivity index (χ0n) is 6.59. The third-order valence-corrected chi connectivity index (χ3v) is 1.47. The molecular formula is C7H12N2O2. The summed E-state index contributed by atoms with van der Waals surface area (Å²) in [5.74, 6) is -0.189. The van der Waals surface area contributed by atoms with Crippen molar-refractivity contribution in [1.29, 1.82) is 0 Å². The maximum absolute atomic E-state index is 10.9. The van der Waals surface area contributed by atoms with E-state index >= 15 is 0 Å². The van der Waals surface area contributed by atoms with E-state index in [1.807, 2.05) is 0 Å². The first-order valence-electron chi connectivity index (χ1n) is 3.62. The van der Waals surface area contributed by atoms with Crippen molar-refractivity contribution in [2.24, 2.45) is 4.99 Å². The molecule has 62 valence electrons. The molecule has 0 aliphatic carbocycles. The van der Waals surface area contributed by atoms with E-state index in [0.29, 0.717) is 0 Å². The van der Waals surface area contributed by atoms with E-state index in [9.17, 15) is 4.79 Å². The summed E-state index contributed by atoms with van der Waals surface area (Å²) < 4.78 is 4.64. The number of rotatable bonds is 2. The number of nitrogens with zero attached hydrogens (tertiary/aromatic N) is 1. The van der Waals surface area contributed by atoms with E-state index in [-0.39, 0.29) is 12.5 Å². The van der Waals surface area contributed by atoms with Crippen LogP contribution >= 0.6 is 0 Å². The first-order chi connectivity index (χ1) is 5.33. The van der Waals surface area contributed by atoms with Gasteiger partial charge in [-0.05, 0) is 6.42 Å². The summed E-state index contributed by atoms with van der Waals surface area (Å²) in [4.78, 5) is 14.7. The van der Waals surface area contributed by atoms with Crippen LogP contribution in [0.2, 0.25) is 0 Å². The lowest BCUT2D eigenvalue weighted by Crippen LogP contribution is -2.11. The van der Waals surface area contributed by atoms with Gasteiger partial charge in [-0.15, -0.1) is 0 Å². The molecule has 1 fully saturated rings. The minimum Gasteiger partial charge on any atom is -0.375 e. The number of carbonyl (C=O) groups is 1. The highest BCUT2D eigenvalue weighted by molar-refractivity contribution is 5.98. The smallest absolute Gasteiger partial charge is 0.271 e. The first kappa shape index (κ1) is 8.36. The zero-order chi connectivity index (χ0) is 8.10. The van der Waals surface area contributed by atoms with Gasteiger partial charge in [-0.1, -0.05) is 0 Å². The summed E-state index contributed by atoms with van der Waals surface area (Å²) in [6, 6.07) is 0. The molecule has 4 nitrogen and oxygen atoms in total. The fourth-order valence-electron chi connectivity index (χ4n) is 0.981. The summed E-state index contributed by atoms with van der Waals surface area (Å²) in [5.41, 5.74) is 0.937. The van der Waals surface area contributed by atoms with E-state index in [4.69, 9.17) is 0 Å². The highest BCUT2D eigenvalue weighted by atomic mass is 16.5. The van der Waals surface area contributed by atoms with Crippen LogP contribution in [0.4, 0.5) is 0 Å². The van der Waals surface area contributed by atoms with Crippen molar-refractivity contribution < 1.29 is 9.53 Å². The van der Waals surface area contributed by atoms with Crippen molar-refractivity contribution in [3.8, 4) is 0 Å². The quantitative estimate of drug-likeness (QED) is 0.591. The van der Waals surface area contributed by atoms with E-state index in [0.717, 1.165) is 25.2 Å². The van der Waals surface area contributed by atoms with Crippen LogP contribution in [0.3, 0.4) is 0 Å². The molecule has 4 heteroatoms. The van der Waals surface area contributed by atoms with Crippen molar-refractivity contribution in [3.05, 3.63) is 0 Å². The number of methoxy groups -OCH3 is 1. The van der Waals surface area contributed by atoms with Crippen molar-refractivity contribution in [2.75, 3.05) is 26.8 Å². The Morgan fingerprint density at radius 2 is 2.64 bits per heavy atom. The van der Waals surface area contributed by atoms with Gasteiger partial charge in [0.05, 0.1) is 0 Å². The molecule has 0 unspecified atom stereocenters. The minimum atomic E-state index is -0.189.